The van der Waals surface area contributed by atoms with Crippen molar-refractivity contribution in [3.63, 3.8) is 0 Å². The Hall–Kier alpha value is -3.16. The number of aliphatic hydroxyl groups is 1. The van der Waals surface area contributed by atoms with Gasteiger partial charge in [-0.25, -0.2) is 5.43 Å². The van der Waals surface area contributed by atoms with Crippen molar-refractivity contribution in [3.05, 3.63) is 94.0 Å². The summed E-state index contributed by atoms with van der Waals surface area (Å²) in [5, 5.41) is 25.1. The molecule has 0 bridgehead atoms. The smallest absolute Gasteiger partial charge is 0.281 e. The standard InChI is InChI=1S/C22H19BrN2O4/c1-29-20-12-15(18(23)13-19(20)26)14-24-25-21(27)22(28,16-8-4-2-5-9-16)17-10-6-3-7-11-17/h2-14,26,28H,1H3,(H,25,27)/b24-14-. The quantitative estimate of drug-likeness (QED) is 0.392. The number of nitrogens with one attached hydrogen (secondary N) is 1. The molecule has 0 radical (unpaired) electrons. The molecule has 0 aliphatic carbocycles. The van der Waals surface area contributed by atoms with Crippen LogP contribution in [0.1, 0.15) is 16.7 Å². The maximum absolute atomic E-state index is 13.0. The van der Waals surface area contributed by atoms with E-state index in [1.165, 1.54) is 19.4 Å². The number of hydrogen-bond donors (Lipinski definition) is 3. The first-order valence-electron chi connectivity index (χ1n) is 8.70. The van der Waals surface area contributed by atoms with Gasteiger partial charge in [0, 0.05) is 10.0 Å². The first kappa shape index (κ1) is 20.6. The second-order valence-corrected chi connectivity index (χ2v) is 7.04. The van der Waals surface area contributed by atoms with E-state index in [4.69, 9.17) is 4.74 Å². The van der Waals surface area contributed by atoms with Crippen LogP contribution >= 0.6 is 15.9 Å². The van der Waals surface area contributed by atoms with E-state index in [2.05, 4.69) is 26.5 Å². The Morgan fingerprint density at radius 2 is 1.62 bits per heavy atom. The lowest BCUT2D eigenvalue weighted by atomic mass is 9.85. The van der Waals surface area contributed by atoms with Crippen LogP contribution in [0.3, 0.4) is 0 Å². The Kier molecular flexibility index (Phi) is 6.31. The van der Waals surface area contributed by atoms with E-state index in [1.807, 2.05) is 0 Å². The second-order valence-electron chi connectivity index (χ2n) is 6.19. The summed E-state index contributed by atoms with van der Waals surface area (Å²) in [5.41, 5.74) is 1.91. The molecular formula is C22H19BrN2O4. The van der Waals surface area contributed by atoms with Crippen molar-refractivity contribution in [2.75, 3.05) is 7.11 Å². The lowest BCUT2D eigenvalue weighted by molar-refractivity contribution is -0.136. The predicted molar refractivity (Wildman–Crippen MR) is 114 cm³/mol. The van der Waals surface area contributed by atoms with Crippen LogP contribution < -0.4 is 10.2 Å². The summed E-state index contributed by atoms with van der Waals surface area (Å²) in [6, 6.07) is 20.4. The molecule has 3 aromatic carbocycles. The molecule has 3 N–H and O–H groups in total. The van der Waals surface area contributed by atoms with Crippen LogP contribution in [0.4, 0.5) is 0 Å². The van der Waals surface area contributed by atoms with Crippen LogP contribution in [0.25, 0.3) is 0 Å². The fraction of sp³-hybridized carbons (Fsp3) is 0.0909. The molecule has 0 spiro atoms. The van der Waals surface area contributed by atoms with Crippen molar-refractivity contribution in [1.82, 2.24) is 5.43 Å². The molecule has 0 aliphatic heterocycles. The van der Waals surface area contributed by atoms with Crippen molar-refractivity contribution < 1.29 is 19.7 Å². The van der Waals surface area contributed by atoms with Crippen LogP contribution in [0.15, 0.2) is 82.4 Å². The van der Waals surface area contributed by atoms with Gasteiger partial charge >= 0.3 is 0 Å². The lowest BCUT2D eigenvalue weighted by Crippen LogP contribution is -2.43. The average Bonchev–Trinajstić information content (AvgIpc) is 2.75. The van der Waals surface area contributed by atoms with Gasteiger partial charge in [-0.1, -0.05) is 60.7 Å². The number of carbonyl (C=O) groups excluding carboxylic acids is 1. The summed E-state index contributed by atoms with van der Waals surface area (Å²) in [7, 11) is 1.44. The lowest BCUT2D eigenvalue weighted by Gasteiger charge is -2.27. The number of phenolic OH excluding ortho intramolecular Hbond substituents is 1. The van der Waals surface area contributed by atoms with Crippen LogP contribution in [0, 0.1) is 0 Å². The van der Waals surface area contributed by atoms with E-state index in [-0.39, 0.29) is 11.5 Å². The van der Waals surface area contributed by atoms with Crippen molar-refractivity contribution in [2.45, 2.75) is 5.60 Å². The number of benzene rings is 3. The molecule has 0 aliphatic rings. The van der Waals surface area contributed by atoms with Crippen molar-refractivity contribution in [3.8, 4) is 11.5 Å². The Morgan fingerprint density at radius 3 is 2.14 bits per heavy atom. The number of hydrogen-bond acceptors (Lipinski definition) is 5. The largest absolute Gasteiger partial charge is 0.504 e. The number of hydrazone groups is 1. The van der Waals surface area contributed by atoms with Gasteiger partial charge in [-0.3, -0.25) is 4.79 Å². The van der Waals surface area contributed by atoms with Crippen LogP contribution in [0.5, 0.6) is 11.5 Å². The summed E-state index contributed by atoms with van der Waals surface area (Å²) in [6.45, 7) is 0. The Morgan fingerprint density at radius 1 is 1.07 bits per heavy atom. The predicted octanol–water partition coefficient (Wildman–Crippen LogP) is 3.55. The van der Waals surface area contributed by atoms with Crippen LogP contribution in [-0.4, -0.2) is 29.4 Å². The number of aromatic hydroxyl groups is 1. The van der Waals surface area contributed by atoms with Crippen LogP contribution in [0.2, 0.25) is 0 Å². The van der Waals surface area contributed by atoms with Gasteiger partial charge in [-0.2, -0.15) is 5.10 Å². The SMILES string of the molecule is COc1cc(/C=N\NC(=O)C(O)(c2ccccc2)c2ccccc2)c(Br)cc1O. The van der Waals surface area contributed by atoms with Gasteiger partial charge in [0.2, 0.25) is 0 Å². The third-order valence-electron chi connectivity index (χ3n) is 4.38. The van der Waals surface area contributed by atoms with E-state index < -0.39 is 11.5 Å². The minimum Gasteiger partial charge on any atom is -0.504 e. The molecule has 0 saturated carbocycles. The highest BCUT2D eigenvalue weighted by atomic mass is 79.9. The molecule has 0 atom stereocenters. The second kappa shape index (κ2) is 8.89. The number of halogens is 1. The molecule has 148 valence electrons. The monoisotopic (exact) mass is 454 g/mol. The zero-order valence-electron chi connectivity index (χ0n) is 15.5. The third kappa shape index (κ3) is 4.31. The topological polar surface area (TPSA) is 91.2 Å². The minimum absolute atomic E-state index is 0.0249. The molecule has 0 fully saturated rings. The molecule has 3 rings (SSSR count). The van der Waals surface area contributed by atoms with Gasteiger partial charge in [0.05, 0.1) is 13.3 Å². The minimum atomic E-state index is -1.91. The zero-order chi connectivity index (χ0) is 20.9. The maximum Gasteiger partial charge on any atom is 0.281 e. The first-order valence-corrected chi connectivity index (χ1v) is 9.49. The fourth-order valence-corrected chi connectivity index (χ4v) is 3.28. The number of ether oxygens (including phenoxy) is 1. The number of carbonyl (C=O) groups is 1. The Bertz CT molecular complexity index is 984. The van der Waals surface area contributed by atoms with Crippen molar-refractivity contribution >= 4 is 28.1 Å². The molecular weight excluding hydrogens is 436 g/mol. The maximum atomic E-state index is 13.0. The van der Waals surface area contributed by atoms with E-state index >= 15 is 0 Å². The van der Waals surface area contributed by atoms with Crippen LogP contribution in [-0.2, 0) is 10.4 Å². The molecule has 29 heavy (non-hydrogen) atoms. The molecule has 6 nitrogen and oxygen atoms in total. The van der Waals surface area contributed by atoms with E-state index in [9.17, 15) is 15.0 Å². The number of amides is 1. The number of phenols is 1. The molecule has 0 unspecified atom stereocenters. The van der Waals surface area contributed by atoms with Gasteiger partial charge in [0.25, 0.3) is 5.91 Å². The molecule has 1 amide bonds. The highest BCUT2D eigenvalue weighted by Gasteiger charge is 2.39. The van der Waals surface area contributed by atoms with Gasteiger partial charge in [-0.05, 0) is 39.2 Å². The normalized spacial score (nSPS) is 11.4. The zero-order valence-corrected chi connectivity index (χ0v) is 17.1. The summed E-state index contributed by atoms with van der Waals surface area (Å²) in [6.07, 6.45) is 1.39. The average molecular weight is 455 g/mol. The first-order chi connectivity index (χ1) is 14.0. The number of nitrogens with zero attached hydrogens (tertiary/aromatic N) is 1. The van der Waals surface area contributed by atoms with Crippen molar-refractivity contribution in [2.24, 2.45) is 5.10 Å². The van der Waals surface area contributed by atoms with Gasteiger partial charge in [-0.15, -0.1) is 0 Å². The summed E-state index contributed by atoms with van der Waals surface area (Å²) < 4.78 is 5.64. The summed E-state index contributed by atoms with van der Waals surface area (Å²) in [5.74, 6) is -0.456. The number of methoxy groups -OCH3 is 1. The Balaban J connectivity index is 1.90. The molecule has 0 aromatic heterocycles. The fourth-order valence-electron chi connectivity index (χ4n) is 2.85. The third-order valence-corrected chi connectivity index (χ3v) is 5.07. The van der Waals surface area contributed by atoms with Gasteiger partial charge < -0.3 is 14.9 Å². The highest BCUT2D eigenvalue weighted by molar-refractivity contribution is 9.10. The molecule has 0 heterocycles. The van der Waals surface area contributed by atoms with E-state index in [0.29, 0.717) is 21.2 Å². The van der Waals surface area contributed by atoms with E-state index in [0.717, 1.165) is 0 Å². The molecule has 0 saturated heterocycles. The summed E-state index contributed by atoms with van der Waals surface area (Å²) in [4.78, 5) is 13.0. The van der Waals surface area contributed by atoms with Gasteiger partial charge in [0.15, 0.2) is 17.1 Å². The highest BCUT2D eigenvalue weighted by Crippen LogP contribution is 2.32. The summed E-state index contributed by atoms with van der Waals surface area (Å²) >= 11 is 3.32. The number of rotatable bonds is 6. The van der Waals surface area contributed by atoms with Gasteiger partial charge in [0.1, 0.15) is 0 Å². The van der Waals surface area contributed by atoms with E-state index in [1.54, 1.807) is 66.7 Å². The van der Waals surface area contributed by atoms with Crippen molar-refractivity contribution in [1.29, 1.82) is 0 Å². The molecule has 3 aromatic rings. The Labute approximate surface area is 176 Å². The molecule has 7 heteroatoms.